The van der Waals surface area contributed by atoms with Gasteiger partial charge in [0.25, 0.3) is 0 Å². The average Bonchev–Trinajstić information content (AvgIpc) is 2.90. The van der Waals surface area contributed by atoms with Crippen LogP contribution in [0.4, 0.5) is 4.79 Å². The van der Waals surface area contributed by atoms with Gasteiger partial charge >= 0.3 is 6.09 Å². The van der Waals surface area contributed by atoms with Crippen molar-refractivity contribution in [2.24, 2.45) is 5.73 Å². The minimum Gasteiger partial charge on any atom is -0.465 e. The van der Waals surface area contributed by atoms with E-state index in [2.05, 4.69) is 4.98 Å². The summed E-state index contributed by atoms with van der Waals surface area (Å²) in [4.78, 5) is 17.4. The molecule has 2 unspecified atom stereocenters. The van der Waals surface area contributed by atoms with Gasteiger partial charge in [-0.2, -0.15) is 0 Å². The molecule has 1 amide bonds. The molecule has 1 aromatic carbocycles. The number of rotatable bonds is 2. The van der Waals surface area contributed by atoms with Crippen LogP contribution in [0.1, 0.15) is 30.3 Å². The lowest BCUT2D eigenvalue weighted by Crippen LogP contribution is -2.48. The molecular weight excluding hydrogens is 274 g/mol. The molecule has 2 heterocycles. The zero-order valence-corrected chi connectivity index (χ0v) is 11.8. The van der Waals surface area contributed by atoms with Crippen LogP contribution in [0.15, 0.2) is 24.3 Å². The van der Waals surface area contributed by atoms with Crippen molar-refractivity contribution in [1.82, 2.24) is 9.88 Å². The third-order valence-corrected chi connectivity index (χ3v) is 4.94. The first kappa shape index (κ1) is 13.3. The maximum atomic E-state index is 11.3. The summed E-state index contributed by atoms with van der Waals surface area (Å²) in [6.07, 6.45) is 1.86. The fourth-order valence-corrected chi connectivity index (χ4v) is 3.79. The molecule has 0 bridgehead atoms. The zero-order chi connectivity index (χ0) is 14.1. The van der Waals surface area contributed by atoms with Gasteiger partial charge in [-0.15, -0.1) is 11.3 Å². The Labute approximate surface area is 121 Å². The minimum atomic E-state index is -0.883. The van der Waals surface area contributed by atoms with Crippen LogP contribution < -0.4 is 5.73 Å². The molecule has 3 N–H and O–H groups in total. The predicted molar refractivity (Wildman–Crippen MR) is 78.9 cm³/mol. The van der Waals surface area contributed by atoms with E-state index in [1.54, 1.807) is 11.3 Å². The second-order valence-corrected chi connectivity index (χ2v) is 6.15. The fourth-order valence-electron chi connectivity index (χ4n) is 2.77. The highest BCUT2D eigenvalue weighted by molar-refractivity contribution is 7.18. The van der Waals surface area contributed by atoms with Crippen molar-refractivity contribution in [2.75, 3.05) is 6.54 Å². The first-order chi connectivity index (χ1) is 9.66. The van der Waals surface area contributed by atoms with E-state index >= 15 is 0 Å². The first-order valence-electron chi connectivity index (χ1n) is 6.77. The number of carbonyl (C=O) groups is 1. The lowest BCUT2D eigenvalue weighted by Gasteiger charge is -2.36. The number of carboxylic acid groups (broad SMARTS) is 1. The van der Waals surface area contributed by atoms with E-state index in [0.29, 0.717) is 6.54 Å². The number of nitrogens with two attached hydrogens (primary N) is 1. The molecule has 3 rings (SSSR count). The summed E-state index contributed by atoms with van der Waals surface area (Å²) in [5, 5.41) is 10.1. The number of amides is 1. The topological polar surface area (TPSA) is 79.5 Å². The quantitative estimate of drug-likeness (QED) is 0.891. The number of para-hydroxylation sites is 1. The van der Waals surface area contributed by atoms with Crippen LogP contribution in [-0.2, 0) is 0 Å². The number of aromatic nitrogens is 1. The number of likely N-dealkylation sites (tertiary alicyclic amines) is 1. The summed E-state index contributed by atoms with van der Waals surface area (Å²) >= 11 is 1.56. The van der Waals surface area contributed by atoms with Crippen LogP contribution in [0.3, 0.4) is 0 Å². The fraction of sp³-hybridized carbons (Fsp3) is 0.429. The summed E-state index contributed by atoms with van der Waals surface area (Å²) in [5.74, 6) is 0. The summed E-state index contributed by atoms with van der Waals surface area (Å²) in [6.45, 7) is 0.568. The average molecular weight is 291 g/mol. The Hall–Kier alpha value is -1.66. The van der Waals surface area contributed by atoms with Crippen LogP contribution in [0.5, 0.6) is 0 Å². The molecule has 20 heavy (non-hydrogen) atoms. The van der Waals surface area contributed by atoms with Crippen LogP contribution in [-0.4, -0.2) is 33.7 Å². The van der Waals surface area contributed by atoms with Gasteiger partial charge in [-0.3, -0.25) is 0 Å². The van der Waals surface area contributed by atoms with Crippen molar-refractivity contribution in [3.8, 4) is 0 Å². The third-order valence-electron chi connectivity index (χ3n) is 3.81. The van der Waals surface area contributed by atoms with Gasteiger partial charge in [-0.25, -0.2) is 9.78 Å². The first-order valence-corrected chi connectivity index (χ1v) is 7.59. The van der Waals surface area contributed by atoms with Gasteiger partial charge in [0.1, 0.15) is 5.01 Å². The van der Waals surface area contributed by atoms with Crippen molar-refractivity contribution >= 4 is 27.6 Å². The van der Waals surface area contributed by atoms with Crippen LogP contribution in [0, 0.1) is 0 Å². The summed E-state index contributed by atoms with van der Waals surface area (Å²) < 4.78 is 1.09. The van der Waals surface area contributed by atoms with Gasteiger partial charge in [-0.1, -0.05) is 12.1 Å². The second kappa shape index (κ2) is 5.38. The Morgan fingerprint density at radius 3 is 3.00 bits per heavy atom. The monoisotopic (exact) mass is 291 g/mol. The SMILES string of the molecule is NC(c1nc2ccccc2s1)C1CCCCN1C(=O)O. The lowest BCUT2D eigenvalue weighted by atomic mass is 9.97. The van der Waals surface area contributed by atoms with Crippen molar-refractivity contribution in [3.05, 3.63) is 29.3 Å². The molecule has 2 aromatic rings. The number of benzene rings is 1. The molecule has 1 aromatic heterocycles. The maximum absolute atomic E-state index is 11.3. The standard InChI is InChI=1S/C14H17N3O2S/c15-12(10-6-3-4-8-17(10)14(18)19)13-16-9-5-1-2-7-11(9)20-13/h1-2,5,7,10,12H,3-4,6,8,15H2,(H,18,19). The van der Waals surface area contributed by atoms with E-state index in [1.807, 2.05) is 24.3 Å². The molecule has 0 saturated carbocycles. The molecule has 1 fully saturated rings. The minimum absolute atomic E-state index is 0.165. The number of piperidine rings is 1. The molecule has 106 valence electrons. The van der Waals surface area contributed by atoms with Gasteiger partial charge in [0.2, 0.25) is 0 Å². The molecule has 1 aliphatic rings. The van der Waals surface area contributed by atoms with Gasteiger partial charge < -0.3 is 15.7 Å². The molecule has 5 nitrogen and oxygen atoms in total. The number of fused-ring (bicyclic) bond motifs is 1. The van der Waals surface area contributed by atoms with E-state index < -0.39 is 6.09 Å². The summed E-state index contributed by atoms with van der Waals surface area (Å²) in [5.41, 5.74) is 7.24. The Kier molecular flexibility index (Phi) is 3.58. The van der Waals surface area contributed by atoms with Crippen molar-refractivity contribution in [2.45, 2.75) is 31.3 Å². The van der Waals surface area contributed by atoms with Gasteiger partial charge in [0, 0.05) is 6.54 Å². The smallest absolute Gasteiger partial charge is 0.407 e. The van der Waals surface area contributed by atoms with E-state index in [-0.39, 0.29) is 12.1 Å². The van der Waals surface area contributed by atoms with Crippen molar-refractivity contribution < 1.29 is 9.90 Å². The van der Waals surface area contributed by atoms with Crippen LogP contribution >= 0.6 is 11.3 Å². The van der Waals surface area contributed by atoms with Gasteiger partial charge in [0.15, 0.2) is 0 Å². The summed E-state index contributed by atoms with van der Waals surface area (Å²) in [7, 11) is 0. The number of thiazole rings is 1. The van der Waals surface area contributed by atoms with Gasteiger partial charge in [-0.05, 0) is 31.4 Å². The van der Waals surface area contributed by atoms with E-state index in [4.69, 9.17) is 5.73 Å². The van der Waals surface area contributed by atoms with E-state index in [0.717, 1.165) is 34.5 Å². The Morgan fingerprint density at radius 1 is 1.45 bits per heavy atom. The third kappa shape index (κ3) is 2.36. The lowest BCUT2D eigenvalue weighted by molar-refractivity contribution is 0.0966. The van der Waals surface area contributed by atoms with Crippen molar-refractivity contribution in [1.29, 1.82) is 0 Å². The molecule has 0 spiro atoms. The maximum Gasteiger partial charge on any atom is 0.407 e. The largest absolute Gasteiger partial charge is 0.465 e. The van der Waals surface area contributed by atoms with Gasteiger partial charge in [0.05, 0.1) is 22.3 Å². The normalized spacial score (nSPS) is 21.1. The number of nitrogens with zero attached hydrogens (tertiary/aromatic N) is 2. The Balaban J connectivity index is 1.89. The van der Waals surface area contributed by atoms with Crippen LogP contribution in [0.2, 0.25) is 0 Å². The number of hydrogen-bond donors (Lipinski definition) is 2. The second-order valence-electron chi connectivity index (χ2n) is 5.08. The highest BCUT2D eigenvalue weighted by Crippen LogP contribution is 2.31. The molecule has 2 atom stereocenters. The van der Waals surface area contributed by atoms with Crippen molar-refractivity contribution in [3.63, 3.8) is 0 Å². The highest BCUT2D eigenvalue weighted by Gasteiger charge is 2.33. The molecule has 0 aliphatic carbocycles. The number of hydrogen-bond acceptors (Lipinski definition) is 4. The van der Waals surface area contributed by atoms with E-state index in [9.17, 15) is 9.90 Å². The highest BCUT2D eigenvalue weighted by atomic mass is 32.1. The Morgan fingerprint density at radius 2 is 2.25 bits per heavy atom. The molecule has 0 radical (unpaired) electrons. The van der Waals surface area contributed by atoms with E-state index in [1.165, 1.54) is 4.90 Å². The van der Waals surface area contributed by atoms with Crippen LogP contribution in [0.25, 0.3) is 10.2 Å². The molecular formula is C14H17N3O2S. The Bertz CT molecular complexity index is 595. The zero-order valence-electron chi connectivity index (χ0n) is 11.0. The molecule has 6 heteroatoms. The molecule has 1 saturated heterocycles. The summed E-state index contributed by atoms with van der Waals surface area (Å²) in [6, 6.07) is 7.38. The predicted octanol–water partition coefficient (Wildman–Crippen LogP) is 2.83. The molecule has 1 aliphatic heterocycles.